The first-order valence-electron chi connectivity index (χ1n) is 6.34. The van der Waals surface area contributed by atoms with Gasteiger partial charge in [-0.05, 0) is 12.8 Å². The topological polar surface area (TPSA) is 61.2 Å². The van der Waals surface area contributed by atoms with E-state index < -0.39 is 28.4 Å². The molecule has 0 aromatic carbocycles. The number of hydrogen-bond acceptors (Lipinski definition) is 4. The van der Waals surface area contributed by atoms with Crippen molar-refractivity contribution in [1.82, 2.24) is 9.78 Å². The standard InChI is InChI=1S/C11H14ClF3N2O3S/c12-21(18,19)10-5-17(8-3-1-2-4-8)16-9(10)6-20-7-11(13,14)15/h5,8H,1-4,6-7H2. The molecule has 120 valence electrons. The van der Waals surface area contributed by atoms with Gasteiger partial charge in [0.25, 0.3) is 9.05 Å². The van der Waals surface area contributed by atoms with E-state index in [1.807, 2.05) is 0 Å². The summed E-state index contributed by atoms with van der Waals surface area (Å²) in [4.78, 5) is -0.293. The normalized spacial score (nSPS) is 17.5. The van der Waals surface area contributed by atoms with Crippen molar-refractivity contribution in [1.29, 1.82) is 0 Å². The lowest BCUT2D eigenvalue weighted by molar-refractivity contribution is -0.177. The molecule has 1 aromatic heterocycles. The summed E-state index contributed by atoms with van der Waals surface area (Å²) in [6.45, 7) is -2.02. The van der Waals surface area contributed by atoms with Crippen LogP contribution in [0.1, 0.15) is 37.4 Å². The van der Waals surface area contributed by atoms with Gasteiger partial charge in [0.05, 0.1) is 12.6 Å². The number of alkyl halides is 3. The van der Waals surface area contributed by atoms with E-state index in [1.165, 1.54) is 10.9 Å². The summed E-state index contributed by atoms with van der Waals surface area (Å²) in [5, 5.41) is 4.04. The van der Waals surface area contributed by atoms with Gasteiger partial charge in [0.1, 0.15) is 17.2 Å². The summed E-state index contributed by atoms with van der Waals surface area (Å²) in [6, 6.07) is 0.0542. The molecule has 2 rings (SSSR count). The molecule has 5 nitrogen and oxygen atoms in total. The van der Waals surface area contributed by atoms with Crippen LogP contribution in [-0.4, -0.2) is 31.0 Å². The highest BCUT2D eigenvalue weighted by Gasteiger charge is 2.29. The van der Waals surface area contributed by atoms with Crippen molar-refractivity contribution in [2.24, 2.45) is 0 Å². The van der Waals surface area contributed by atoms with Crippen LogP contribution in [0.4, 0.5) is 13.2 Å². The van der Waals surface area contributed by atoms with Crippen LogP contribution in [0.25, 0.3) is 0 Å². The SMILES string of the molecule is O=S(=O)(Cl)c1cn(C2CCCC2)nc1COCC(F)(F)F. The Morgan fingerprint density at radius 2 is 2.00 bits per heavy atom. The molecule has 1 saturated carbocycles. The van der Waals surface area contributed by atoms with Crippen molar-refractivity contribution in [2.75, 3.05) is 6.61 Å². The van der Waals surface area contributed by atoms with E-state index in [9.17, 15) is 21.6 Å². The minimum absolute atomic E-state index is 0.0542. The largest absolute Gasteiger partial charge is 0.411 e. The van der Waals surface area contributed by atoms with E-state index in [-0.39, 0.29) is 16.6 Å². The summed E-state index contributed by atoms with van der Waals surface area (Å²) in [7, 11) is 1.21. The average molecular weight is 347 g/mol. The van der Waals surface area contributed by atoms with Crippen LogP contribution >= 0.6 is 10.7 Å². The van der Waals surface area contributed by atoms with E-state index in [4.69, 9.17) is 10.7 Å². The molecule has 1 fully saturated rings. The predicted molar refractivity (Wildman–Crippen MR) is 68.5 cm³/mol. The Labute approximate surface area is 124 Å². The average Bonchev–Trinajstić information content (AvgIpc) is 2.93. The number of ether oxygens (including phenoxy) is 1. The molecule has 1 aliphatic carbocycles. The lowest BCUT2D eigenvalue weighted by atomic mass is 10.3. The molecule has 0 bridgehead atoms. The van der Waals surface area contributed by atoms with E-state index in [2.05, 4.69) is 9.84 Å². The second-order valence-electron chi connectivity index (χ2n) is 4.90. The van der Waals surface area contributed by atoms with E-state index in [0.717, 1.165) is 25.7 Å². The zero-order valence-electron chi connectivity index (χ0n) is 10.9. The third-order valence-electron chi connectivity index (χ3n) is 3.24. The van der Waals surface area contributed by atoms with Crippen molar-refractivity contribution in [3.05, 3.63) is 11.9 Å². The Balaban J connectivity index is 2.17. The molecule has 21 heavy (non-hydrogen) atoms. The van der Waals surface area contributed by atoms with Crippen molar-refractivity contribution in [3.63, 3.8) is 0 Å². The third-order valence-corrected chi connectivity index (χ3v) is 4.60. The maximum atomic E-state index is 12.0. The summed E-state index contributed by atoms with van der Waals surface area (Å²) >= 11 is 0. The van der Waals surface area contributed by atoms with Crippen LogP contribution in [0, 0.1) is 0 Å². The van der Waals surface area contributed by atoms with Gasteiger partial charge in [-0.2, -0.15) is 18.3 Å². The molecule has 0 aliphatic heterocycles. The van der Waals surface area contributed by atoms with E-state index >= 15 is 0 Å². The van der Waals surface area contributed by atoms with Gasteiger partial charge in [-0.1, -0.05) is 12.8 Å². The molecule has 0 unspecified atom stereocenters. The second-order valence-corrected chi connectivity index (χ2v) is 7.44. The van der Waals surface area contributed by atoms with Gasteiger partial charge in [0.2, 0.25) is 0 Å². The highest BCUT2D eigenvalue weighted by Crippen LogP contribution is 2.31. The Hall–Kier alpha value is -0.800. The lowest BCUT2D eigenvalue weighted by Crippen LogP contribution is -2.17. The fourth-order valence-corrected chi connectivity index (χ4v) is 3.34. The maximum Gasteiger partial charge on any atom is 0.411 e. The van der Waals surface area contributed by atoms with Crippen LogP contribution in [0.3, 0.4) is 0 Å². The molecule has 0 radical (unpaired) electrons. The quantitative estimate of drug-likeness (QED) is 0.769. The van der Waals surface area contributed by atoms with Gasteiger partial charge in [0, 0.05) is 16.9 Å². The number of nitrogens with zero attached hydrogens (tertiary/aromatic N) is 2. The van der Waals surface area contributed by atoms with Gasteiger partial charge in [-0.3, -0.25) is 4.68 Å². The van der Waals surface area contributed by atoms with Crippen LogP contribution in [0.15, 0.2) is 11.1 Å². The summed E-state index contributed by atoms with van der Waals surface area (Å²) in [5.74, 6) is 0. The van der Waals surface area contributed by atoms with Gasteiger partial charge in [-0.15, -0.1) is 0 Å². The molecule has 1 heterocycles. The first-order valence-corrected chi connectivity index (χ1v) is 8.65. The molecule has 0 saturated heterocycles. The van der Waals surface area contributed by atoms with Gasteiger partial charge < -0.3 is 4.74 Å². The molecule has 0 N–H and O–H groups in total. The third kappa shape index (κ3) is 4.58. The van der Waals surface area contributed by atoms with Crippen LogP contribution in [-0.2, 0) is 20.4 Å². The molecule has 0 spiro atoms. The zero-order valence-corrected chi connectivity index (χ0v) is 12.5. The van der Waals surface area contributed by atoms with E-state index in [1.54, 1.807) is 0 Å². The Morgan fingerprint density at radius 1 is 1.38 bits per heavy atom. The molecule has 10 heteroatoms. The first-order chi connectivity index (χ1) is 9.67. The summed E-state index contributed by atoms with van der Waals surface area (Å²) < 4.78 is 65.0. The van der Waals surface area contributed by atoms with E-state index in [0.29, 0.717) is 0 Å². The maximum absolute atomic E-state index is 12.0. The summed E-state index contributed by atoms with van der Waals surface area (Å²) in [5.41, 5.74) is -0.0962. The second kappa shape index (κ2) is 6.13. The highest BCUT2D eigenvalue weighted by atomic mass is 35.7. The van der Waals surface area contributed by atoms with Crippen molar-refractivity contribution >= 4 is 19.7 Å². The lowest BCUT2D eigenvalue weighted by Gasteiger charge is -2.09. The number of rotatable bonds is 5. The van der Waals surface area contributed by atoms with Gasteiger partial charge in [0.15, 0.2) is 0 Å². The molecule has 0 amide bonds. The Kier molecular flexibility index (Phi) is 4.84. The number of halogens is 4. The van der Waals surface area contributed by atoms with Crippen molar-refractivity contribution in [3.8, 4) is 0 Å². The highest BCUT2D eigenvalue weighted by molar-refractivity contribution is 8.13. The molecular formula is C11H14ClF3N2O3S. The van der Waals surface area contributed by atoms with Gasteiger partial charge in [-0.25, -0.2) is 8.42 Å². The Morgan fingerprint density at radius 3 is 2.52 bits per heavy atom. The summed E-state index contributed by atoms with van der Waals surface area (Å²) in [6.07, 6.45) is 0.512. The van der Waals surface area contributed by atoms with Crippen LogP contribution in [0.5, 0.6) is 0 Å². The number of hydrogen-bond donors (Lipinski definition) is 0. The minimum Gasteiger partial charge on any atom is -0.366 e. The monoisotopic (exact) mass is 346 g/mol. The fraction of sp³-hybridized carbons (Fsp3) is 0.727. The van der Waals surface area contributed by atoms with Crippen molar-refractivity contribution in [2.45, 2.75) is 49.4 Å². The minimum atomic E-state index is -4.48. The first kappa shape index (κ1) is 16.6. The molecule has 0 atom stereocenters. The molecule has 1 aliphatic rings. The number of aromatic nitrogens is 2. The van der Waals surface area contributed by atoms with Gasteiger partial charge >= 0.3 is 6.18 Å². The Bertz CT molecular complexity index is 594. The molecular weight excluding hydrogens is 333 g/mol. The van der Waals surface area contributed by atoms with Crippen LogP contribution in [0.2, 0.25) is 0 Å². The predicted octanol–water partition coefficient (Wildman–Crippen LogP) is 3.00. The molecule has 1 aromatic rings. The van der Waals surface area contributed by atoms with Crippen molar-refractivity contribution < 1.29 is 26.3 Å². The van der Waals surface area contributed by atoms with Crippen LogP contribution < -0.4 is 0 Å². The fourth-order valence-electron chi connectivity index (χ4n) is 2.34. The zero-order chi connectivity index (χ0) is 15.7. The smallest absolute Gasteiger partial charge is 0.366 e.